The summed E-state index contributed by atoms with van der Waals surface area (Å²) < 4.78 is 17.3. The number of nitrogens with zero attached hydrogens (tertiary/aromatic N) is 3. The van der Waals surface area contributed by atoms with Crippen molar-refractivity contribution in [1.82, 2.24) is 20.2 Å². The lowest BCUT2D eigenvalue weighted by Crippen LogP contribution is -1.98. The van der Waals surface area contributed by atoms with E-state index in [1.165, 1.54) is 11.1 Å². The van der Waals surface area contributed by atoms with Gasteiger partial charge in [0.2, 0.25) is 5.89 Å². The van der Waals surface area contributed by atoms with Crippen LogP contribution < -0.4 is 9.47 Å². The molecule has 0 radical (unpaired) electrons. The first-order valence-corrected chi connectivity index (χ1v) is 11.7. The Morgan fingerprint density at radius 2 is 1.71 bits per heavy atom. The van der Waals surface area contributed by atoms with Gasteiger partial charge in [-0.05, 0) is 72.9 Å². The monoisotopic (exact) mass is 468 g/mol. The van der Waals surface area contributed by atoms with Crippen LogP contribution in [-0.4, -0.2) is 27.3 Å². The molecule has 5 rings (SSSR count). The molecule has 35 heavy (non-hydrogen) atoms. The van der Waals surface area contributed by atoms with Gasteiger partial charge >= 0.3 is 0 Å². The molecule has 0 bridgehead atoms. The van der Waals surface area contributed by atoms with Crippen molar-refractivity contribution in [3.05, 3.63) is 77.7 Å². The summed E-state index contributed by atoms with van der Waals surface area (Å²) in [5.41, 5.74) is 6.19. The number of aryl methyl sites for hydroxylation is 1. The summed E-state index contributed by atoms with van der Waals surface area (Å²) in [7, 11) is 1.61. The first kappa shape index (κ1) is 22.7. The molecule has 1 N–H and O–H groups in total. The first-order valence-electron chi connectivity index (χ1n) is 11.7. The van der Waals surface area contributed by atoms with E-state index in [1.54, 1.807) is 7.11 Å². The Morgan fingerprint density at radius 3 is 2.49 bits per heavy atom. The van der Waals surface area contributed by atoms with Crippen LogP contribution in [-0.2, 0) is 13.0 Å². The van der Waals surface area contributed by atoms with Crippen molar-refractivity contribution >= 4 is 11.0 Å². The van der Waals surface area contributed by atoms with E-state index in [1.807, 2.05) is 36.4 Å². The van der Waals surface area contributed by atoms with Crippen LogP contribution in [0.25, 0.3) is 33.9 Å². The zero-order valence-corrected chi connectivity index (χ0v) is 20.3. The van der Waals surface area contributed by atoms with Crippen LogP contribution in [0.15, 0.2) is 65.1 Å². The van der Waals surface area contributed by atoms with Gasteiger partial charge in [0.1, 0.15) is 5.82 Å². The third-order valence-corrected chi connectivity index (χ3v) is 5.74. The summed E-state index contributed by atoms with van der Waals surface area (Å²) in [5, 5.41) is 8.31. The van der Waals surface area contributed by atoms with E-state index in [0.717, 1.165) is 34.4 Å². The van der Waals surface area contributed by atoms with Gasteiger partial charge in [0.25, 0.3) is 5.89 Å². The van der Waals surface area contributed by atoms with E-state index in [4.69, 9.17) is 13.9 Å². The van der Waals surface area contributed by atoms with Crippen molar-refractivity contribution in [2.24, 2.45) is 5.92 Å². The SMILES string of the molecule is COc1cc(-c2nc3ccc(C)cc3[nH]2)ccc1OCc1nnc(-c2ccc(CC(C)C)cc2)o1. The number of fused-ring (bicyclic) bond motifs is 1. The minimum atomic E-state index is 0.137. The van der Waals surface area contributed by atoms with E-state index in [9.17, 15) is 0 Å². The Bertz CT molecular complexity index is 1450. The number of hydrogen-bond donors (Lipinski definition) is 1. The largest absolute Gasteiger partial charge is 0.493 e. The second-order valence-corrected chi connectivity index (χ2v) is 9.06. The molecule has 0 unspecified atom stereocenters. The fraction of sp³-hybridized carbons (Fsp3) is 0.250. The predicted octanol–water partition coefficient (Wildman–Crippen LogP) is 6.37. The molecule has 0 aliphatic heterocycles. The van der Waals surface area contributed by atoms with Gasteiger partial charge in [-0.15, -0.1) is 10.2 Å². The van der Waals surface area contributed by atoms with Crippen LogP contribution in [0.1, 0.15) is 30.9 Å². The second kappa shape index (κ2) is 9.62. The fourth-order valence-corrected chi connectivity index (χ4v) is 4.02. The van der Waals surface area contributed by atoms with E-state index in [-0.39, 0.29) is 6.61 Å². The maximum absolute atomic E-state index is 5.94. The van der Waals surface area contributed by atoms with Gasteiger partial charge in [-0.1, -0.05) is 32.0 Å². The van der Waals surface area contributed by atoms with Gasteiger partial charge < -0.3 is 18.9 Å². The highest BCUT2D eigenvalue weighted by Crippen LogP contribution is 2.33. The van der Waals surface area contributed by atoms with Crippen LogP contribution in [0.5, 0.6) is 11.5 Å². The smallest absolute Gasteiger partial charge is 0.254 e. The van der Waals surface area contributed by atoms with Crippen molar-refractivity contribution in [3.8, 4) is 34.3 Å². The topological polar surface area (TPSA) is 86.1 Å². The highest BCUT2D eigenvalue weighted by atomic mass is 16.5. The van der Waals surface area contributed by atoms with Crippen LogP contribution in [0.3, 0.4) is 0 Å². The molecule has 0 aliphatic rings. The van der Waals surface area contributed by atoms with E-state index in [0.29, 0.717) is 29.2 Å². The third kappa shape index (κ3) is 5.04. The van der Waals surface area contributed by atoms with Crippen LogP contribution in [0.2, 0.25) is 0 Å². The Labute approximate surface area is 204 Å². The number of methoxy groups -OCH3 is 1. The predicted molar refractivity (Wildman–Crippen MR) is 135 cm³/mol. The minimum absolute atomic E-state index is 0.137. The summed E-state index contributed by atoms with van der Waals surface area (Å²) in [6, 6.07) is 20.1. The molecule has 0 spiro atoms. The molecular formula is C28H28N4O3. The Balaban J connectivity index is 1.29. The summed E-state index contributed by atoms with van der Waals surface area (Å²) in [4.78, 5) is 8.06. The molecule has 0 amide bonds. The quantitative estimate of drug-likeness (QED) is 0.285. The van der Waals surface area contributed by atoms with Gasteiger partial charge in [-0.3, -0.25) is 0 Å². The molecular weight excluding hydrogens is 440 g/mol. The highest BCUT2D eigenvalue weighted by molar-refractivity contribution is 5.80. The second-order valence-electron chi connectivity index (χ2n) is 9.06. The van der Waals surface area contributed by atoms with Crippen LogP contribution in [0, 0.1) is 12.8 Å². The van der Waals surface area contributed by atoms with E-state index < -0.39 is 0 Å². The molecule has 5 aromatic rings. The maximum atomic E-state index is 5.94. The Morgan fingerprint density at radius 1 is 0.914 bits per heavy atom. The number of imidazole rings is 1. The van der Waals surface area contributed by atoms with Crippen LogP contribution in [0.4, 0.5) is 0 Å². The number of hydrogen-bond acceptors (Lipinski definition) is 6. The zero-order chi connectivity index (χ0) is 24.4. The van der Waals surface area contributed by atoms with Crippen LogP contribution >= 0.6 is 0 Å². The Kier molecular flexibility index (Phi) is 6.23. The van der Waals surface area contributed by atoms with E-state index >= 15 is 0 Å². The van der Waals surface area contributed by atoms with Crippen molar-refractivity contribution in [1.29, 1.82) is 0 Å². The van der Waals surface area contributed by atoms with Crippen molar-refractivity contribution in [3.63, 3.8) is 0 Å². The standard InChI is InChI=1S/C28H28N4O3/c1-17(2)13-19-6-8-20(9-7-19)28-32-31-26(35-28)16-34-24-12-10-21(15-25(24)33-4)27-29-22-11-5-18(3)14-23(22)30-27/h5-12,14-15,17H,13,16H2,1-4H3,(H,29,30). The maximum Gasteiger partial charge on any atom is 0.254 e. The summed E-state index contributed by atoms with van der Waals surface area (Å²) in [6.45, 7) is 6.61. The zero-order valence-electron chi connectivity index (χ0n) is 20.3. The highest BCUT2D eigenvalue weighted by Gasteiger charge is 2.14. The van der Waals surface area contributed by atoms with Crippen molar-refractivity contribution < 1.29 is 13.9 Å². The summed E-state index contributed by atoms with van der Waals surface area (Å²) >= 11 is 0. The van der Waals surface area contributed by atoms with Crippen molar-refractivity contribution in [2.45, 2.75) is 33.8 Å². The van der Waals surface area contributed by atoms with Gasteiger partial charge in [-0.25, -0.2) is 4.98 Å². The lowest BCUT2D eigenvalue weighted by atomic mass is 10.0. The van der Waals surface area contributed by atoms with Gasteiger partial charge in [-0.2, -0.15) is 0 Å². The number of benzene rings is 3. The van der Waals surface area contributed by atoms with Gasteiger partial charge in [0.05, 0.1) is 18.1 Å². The lowest BCUT2D eigenvalue weighted by Gasteiger charge is -2.10. The molecule has 2 aromatic heterocycles. The molecule has 0 saturated heterocycles. The normalized spacial score (nSPS) is 11.3. The minimum Gasteiger partial charge on any atom is -0.493 e. The first-order chi connectivity index (χ1) is 17.0. The number of nitrogens with one attached hydrogen (secondary N) is 1. The molecule has 0 saturated carbocycles. The van der Waals surface area contributed by atoms with Crippen molar-refractivity contribution in [2.75, 3.05) is 7.11 Å². The lowest BCUT2D eigenvalue weighted by molar-refractivity contribution is 0.251. The average molecular weight is 469 g/mol. The molecule has 7 heteroatoms. The number of aromatic nitrogens is 4. The van der Waals surface area contributed by atoms with Gasteiger partial charge in [0, 0.05) is 11.1 Å². The molecule has 2 heterocycles. The Hall–Kier alpha value is -4.13. The molecule has 0 atom stereocenters. The summed E-state index contributed by atoms with van der Waals surface area (Å²) in [6.07, 6.45) is 1.04. The fourth-order valence-electron chi connectivity index (χ4n) is 4.02. The number of H-pyrrole nitrogens is 1. The molecule has 3 aromatic carbocycles. The molecule has 0 aliphatic carbocycles. The number of aromatic amines is 1. The molecule has 7 nitrogen and oxygen atoms in total. The molecule has 0 fully saturated rings. The van der Waals surface area contributed by atoms with E-state index in [2.05, 4.69) is 65.2 Å². The third-order valence-electron chi connectivity index (χ3n) is 5.74. The number of ether oxygens (including phenoxy) is 2. The average Bonchev–Trinajstić information content (AvgIpc) is 3.50. The molecule has 178 valence electrons. The number of rotatable bonds is 8. The summed E-state index contributed by atoms with van der Waals surface area (Å²) in [5.74, 6) is 3.44. The van der Waals surface area contributed by atoms with Gasteiger partial charge in [0.15, 0.2) is 18.1 Å².